The van der Waals surface area contributed by atoms with Crippen molar-refractivity contribution >= 4 is 41.4 Å². The van der Waals surface area contributed by atoms with Crippen molar-refractivity contribution in [3.05, 3.63) is 35.9 Å². The van der Waals surface area contributed by atoms with E-state index in [1.54, 1.807) is 0 Å². The Labute approximate surface area is 226 Å². The van der Waals surface area contributed by atoms with Crippen LogP contribution in [0.3, 0.4) is 0 Å². The molecule has 212 valence electrons. The van der Waals surface area contributed by atoms with Crippen molar-refractivity contribution in [2.75, 3.05) is 18.6 Å². The van der Waals surface area contributed by atoms with E-state index in [-0.39, 0.29) is 31.8 Å². The van der Waals surface area contributed by atoms with Crippen molar-refractivity contribution < 1.29 is 29.4 Å². The highest BCUT2D eigenvalue weighted by atomic mass is 32.2. The number of aliphatic carboxylic acids is 1. The molecular weight excluding hydrogens is 514 g/mol. The van der Waals surface area contributed by atoms with Crippen molar-refractivity contribution in [3.63, 3.8) is 0 Å². The van der Waals surface area contributed by atoms with E-state index in [9.17, 15) is 29.4 Å². The molecule has 5 unspecified atom stereocenters. The quantitative estimate of drug-likeness (QED) is 0.0617. The fourth-order valence-electron chi connectivity index (χ4n) is 3.43. The minimum atomic E-state index is -1.39. The summed E-state index contributed by atoms with van der Waals surface area (Å²) in [6, 6.07) is 4.38. The summed E-state index contributed by atoms with van der Waals surface area (Å²) in [6.07, 6.45) is 1.29. The van der Waals surface area contributed by atoms with Gasteiger partial charge in [0.15, 0.2) is 5.96 Å². The summed E-state index contributed by atoms with van der Waals surface area (Å²) < 4.78 is 0. The normalized spacial score (nSPS) is 14.7. The average molecular weight is 554 g/mol. The van der Waals surface area contributed by atoms with Gasteiger partial charge in [0.05, 0.1) is 12.1 Å². The van der Waals surface area contributed by atoms with E-state index < -0.39 is 54.0 Å². The third-order valence-electron chi connectivity index (χ3n) is 5.50. The maximum Gasteiger partial charge on any atom is 0.326 e. The number of aliphatic imine (C=N–C) groups is 1. The molecule has 0 aliphatic rings. The van der Waals surface area contributed by atoms with Crippen molar-refractivity contribution in [1.29, 1.82) is 0 Å². The topological polar surface area (TPSA) is 235 Å². The molecule has 0 spiro atoms. The van der Waals surface area contributed by atoms with Crippen LogP contribution in [-0.2, 0) is 25.6 Å². The number of nitrogens with zero attached hydrogens (tertiary/aromatic N) is 1. The Morgan fingerprint density at radius 3 is 2.16 bits per heavy atom. The Morgan fingerprint density at radius 2 is 1.61 bits per heavy atom. The van der Waals surface area contributed by atoms with E-state index >= 15 is 0 Å². The van der Waals surface area contributed by atoms with Gasteiger partial charge >= 0.3 is 5.97 Å². The fourth-order valence-corrected chi connectivity index (χ4v) is 3.90. The first kappa shape index (κ1) is 32.7. The van der Waals surface area contributed by atoms with Crippen LogP contribution >= 0.6 is 11.8 Å². The Balaban J connectivity index is 2.87. The molecule has 11 N–H and O–H groups in total. The molecule has 0 aliphatic heterocycles. The summed E-state index contributed by atoms with van der Waals surface area (Å²) in [6.45, 7) is 1.51. The number of nitrogens with two attached hydrogens (primary N) is 3. The largest absolute Gasteiger partial charge is 0.480 e. The molecule has 3 amide bonds. The van der Waals surface area contributed by atoms with Crippen LogP contribution in [0.25, 0.3) is 0 Å². The standard InChI is InChI=1S/C24H39N7O6S/c1-14(32)19(31-20(33)16(25)13-15-7-4-3-5-8-15)22(35)29-17(10-12-38-2)21(34)30-18(23(36)37)9-6-11-28-24(26)27/h3-5,7-8,14,16-19,32H,6,9-13,25H2,1-2H3,(H,29,35)(H,30,34)(H,31,33)(H,36,37)(H4,26,27,28). The second kappa shape index (κ2) is 17.2. The first-order valence-electron chi connectivity index (χ1n) is 12.1. The highest BCUT2D eigenvalue weighted by Crippen LogP contribution is 2.07. The summed E-state index contributed by atoms with van der Waals surface area (Å²) >= 11 is 1.43. The van der Waals surface area contributed by atoms with Crippen LogP contribution in [0, 0.1) is 0 Å². The number of guanidine groups is 1. The number of aliphatic hydroxyl groups excluding tert-OH is 1. The van der Waals surface area contributed by atoms with Gasteiger partial charge in [-0.2, -0.15) is 11.8 Å². The Hall–Kier alpha value is -3.36. The molecular formula is C24H39N7O6S. The summed E-state index contributed by atoms with van der Waals surface area (Å²) in [5, 5.41) is 27.1. The minimum absolute atomic E-state index is 0.0622. The fraction of sp³-hybridized carbons (Fsp3) is 0.542. The molecule has 14 heteroatoms. The molecule has 38 heavy (non-hydrogen) atoms. The molecule has 0 fully saturated rings. The second-order valence-electron chi connectivity index (χ2n) is 8.71. The highest BCUT2D eigenvalue weighted by Gasteiger charge is 2.32. The van der Waals surface area contributed by atoms with Crippen LogP contribution in [-0.4, -0.2) is 88.7 Å². The smallest absolute Gasteiger partial charge is 0.326 e. The first-order chi connectivity index (χ1) is 18.0. The molecule has 1 rings (SSSR count). The molecule has 0 bridgehead atoms. The van der Waals surface area contributed by atoms with E-state index in [0.717, 1.165) is 5.56 Å². The van der Waals surface area contributed by atoms with E-state index in [2.05, 4.69) is 20.9 Å². The number of carbonyl (C=O) groups excluding carboxylic acids is 3. The third kappa shape index (κ3) is 12.3. The predicted octanol–water partition coefficient (Wildman–Crippen LogP) is -1.72. The molecule has 0 saturated carbocycles. The molecule has 13 nitrogen and oxygen atoms in total. The van der Waals surface area contributed by atoms with Gasteiger partial charge in [-0.05, 0) is 50.2 Å². The molecule has 1 aromatic carbocycles. The zero-order valence-corrected chi connectivity index (χ0v) is 22.4. The summed E-state index contributed by atoms with van der Waals surface area (Å²) in [4.78, 5) is 54.0. The van der Waals surface area contributed by atoms with Crippen LogP contribution in [0.2, 0.25) is 0 Å². The van der Waals surface area contributed by atoms with Gasteiger partial charge in [-0.15, -0.1) is 0 Å². The number of carboxylic acids is 1. The number of amides is 3. The number of nitrogens with one attached hydrogen (secondary N) is 3. The summed E-state index contributed by atoms with van der Waals surface area (Å²) in [5.41, 5.74) is 17.3. The van der Waals surface area contributed by atoms with Gasteiger partial charge in [0.1, 0.15) is 18.1 Å². The third-order valence-corrected chi connectivity index (χ3v) is 6.15. The van der Waals surface area contributed by atoms with Gasteiger partial charge in [-0.25, -0.2) is 4.79 Å². The number of thioether (sulfide) groups is 1. The van der Waals surface area contributed by atoms with E-state index in [1.807, 2.05) is 36.6 Å². The van der Waals surface area contributed by atoms with Crippen molar-refractivity contribution in [3.8, 4) is 0 Å². The molecule has 0 radical (unpaired) electrons. The van der Waals surface area contributed by atoms with Gasteiger partial charge in [-0.1, -0.05) is 30.3 Å². The number of benzene rings is 1. The SMILES string of the molecule is CSCCC(NC(=O)C(NC(=O)C(N)Cc1ccccc1)C(C)O)C(=O)NC(CCCN=C(N)N)C(=O)O. The maximum atomic E-state index is 13.0. The number of hydrogen-bond acceptors (Lipinski definition) is 8. The lowest BCUT2D eigenvalue weighted by Gasteiger charge is -2.26. The number of aliphatic hydroxyl groups is 1. The number of rotatable bonds is 17. The lowest BCUT2D eigenvalue weighted by Crippen LogP contribution is -2.60. The Bertz CT molecular complexity index is 943. The van der Waals surface area contributed by atoms with Crippen LogP contribution in [0.1, 0.15) is 31.7 Å². The lowest BCUT2D eigenvalue weighted by atomic mass is 10.0. The van der Waals surface area contributed by atoms with E-state index in [4.69, 9.17) is 17.2 Å². The molecule has 0 aliphatic carbocycles. The zero-order chi connectivity index (χ0) is 28.7. The average Bonchev–Trinajstić information content (AvgIpc) is 2.86. The highest BCUT2D eigenvalue weighted by molar-refractivity contribution is 7.98. The summed E-state index contributed by atoms with van der Waals surface area (Å²) in [5.74, 6) is -3.05. The van der Waals surface area contributed by atoms with Gasteiger partial charge < -0.3 is 43.4 Å². The van der Waals surface area contributed by atoms with Crippen molar-refractivity contribution in [1.82, 2.24) is 16.0 Å². The van der Waals surface area contributed by atoms with E-state index in [0.29, 0.717) is 12.2 Å². The molecule has 5 atom stereocenters. The van der Waals surface area contributed by atoms with Crippen LogP contribution < -0.4 is 33.2 Å². The van der Waals surface area contributed by atoms with Crippen LogP contribution in [0.5, 0.6) is 0 Å². The molecule has 0 saturated heterocycles. The van der Waals surface area contributed by atoms with Crippen LogP contribution in [0.15, 0.2) is 35.3 Å². The number of hydrogen-bond donors (Lipinski definition) is 8. The monoisotopic (exact) mass is 553 g/mol. The Kier molecular flexibility index (Phi) is 14.8. The molecule has 0 aromatic heterocycles. The maximum absolute atomic E-state index is 13.0. The van der Waals surface area contributed by atoms with Gasteiger partial charge in [0.2, 0.25) is 17.7 Å². The predicted molar refractivity (Wildman–Crippen MR) is 146 cm³/mol. The van der Waals surface area contributed by atoms with Crippen molar-refractivity contribution in [2.45, 2.75) is 62.9 Å². The van der Waals surface area contributed by atoms with Gasteiger partial charge in [0, 0.05) is 6.54 Å². The lowest BCUT2D eigenvalue weighted by molar-refractivity contribution is -0.142. The Morgan fingerprint density at radius 1 is 0.974 bits per heavy atom. The van der Waals surface area contributed by atoms with Crippen LogP contribution in [0.4, 0.5) is 0 Å². The number of carboxylic acid groups (broad SMARTS) is 1. The second-order valence-corrected chi connectivity index (χ2v) is 9.70. The summed E-state index contributed by atoms with van der Waals surface area (Å²) in [7, 11) is 0. The molecule has 0 heterocycles. The first-order valence-corrected chi connectivity index (χ1v) is 13.5. The molecule has 1 aromatic rings. The minimum Gasteiger partial charge on any atom is -0.480 e. The van der Waals surface area contributed by atoms with Gasteiger partial charge in [0.25, 0.3) is 0 Å². The van der Waals surface area contributed by atoms with Crippen molar-refractivity contribution in [2.24, 2.45) is 22.2 Å². The van der Waals surface area contributed by atoms with Gasteiger partial charge in [-0.3, -0.25) is 19.4 Å². The van der Waals surface area contributed by atoms with E-state index in [1.165, 1.54) is 18.7 Å². The number of carbonyl (C=O) groups is 4. The zero-order valence-electron chi connectivity index (χ0n) is 21.6.